The quantitative estimate of drug-likeness (QED) is 0.827. The van der Waals surface area contributed by atoms with Crippen LogP contribution in [0.2, 0.25) is 0 Å². The topological polar surface area (TPSA) is 43.8 Å². The maximum atomic E-state index is 13.0. The number of aromatic nitrogens is 2. The molecule has 0 spiro atoms. The lowest BCUT2D eigenvalue weighted by Crippen LogP contribution is -2.24. The molecular weight excluding hydrogens is 261 g/mol. The third-order valence-electron chi connectivity index (χ3n) is 2.92. The number of imidazole rings is 1. The van der Waals surface area contributed by atoms with Crippen LogP contribution in [0.15, 0.2) is 41.6 Å². The van der Waals surface area contributed by atoms with E-state index in [1.54, 1.807) is 24.0 Å². The second-order valence-electron chi connectivity index (χ2n) is 4.52. The zero-order valence-corrected chi connectivity index (χ0v) is 11.7. The van der Waals surface area contributed by atoms with E-state index in [2.05, 4.69) is 4.98 Å². The fourth-order valence-corrected chi connectivity index (χ4v) is 2.74. The third-order valence-corrected chi connectivity index (χ3v) is 4.10. The molecule has 2 rings (SSSR count). The van der Waals surface area contributed by atoms with Gasteiger partial charge in [-0.25, -0.2) is 9.37 Å². The maximum Gasteiger partial charge on any atom is 0.124 e. The molecule has 1 unspecified atom stereocenters. The highest BCUT2D eigenvalue weighted by molar-refractivity contribution is 7.99. The van der Waals surface area contributed by atoms with Crippen molar-refractivity contribution < 1.29 is 4.39 Å². The van der Waals surface area contributed by atoms with Gasteiger partial charge in [-0.2, -0.15) is 0 Å². The summed E-state index contributed by atoms with van der Waals surface area (Å²) < 4.78 is 15.0. The summed E-state index contributed by atoms with van der Waals surface area (Å²) in [5, 5.41) is 0. The highest BCUT2D eigenvalue weighted by Gasteiger charge is 2.07. The first-order valence-corrected chi connectivity index (χ1v) is 7.24. The van der Waals surface area contributed by atoms with Gasteiger partial charge < -0.3 is 10.3 Å². The Bertz CT molecular complexity index is 527. The van der Waals surface area contributed by atoms with E-state index in [4.69, 9.17) is 5.73 Å². The van der Waals surface area contributed by atoms with Crippen LogP contribution in [0.4, 0.5) is 4.39 Å². The largest absolute Gasteiger partial charge is 0.338 e. The van der Waals surface area contributed by atoms with E-state index < -0.39 is 0 Å². The van der Waals surface area contributed by atoms with Crippen LogP contribution in [-0.4, -0.2) is 21.3 Å². The van der Waals surface area contributed by atoms with Crippen molar-refractivity contribution in [1.82, 2.24) is 9.55 Å². The van der Waals surface area contributed by atoms with Crippen LogP contribution in [0.1, 0.15) is 12.2 Å². The van der Waals surface area contributed by atoms with Crippen molar-refractivity contribution in [3.05, 3.63) is 48.3 Å². The summed E-state index contributed by atoms with van der Waals surface area (Å²) in [6.07, 6.45) is 5.48. The average Bonchev–Trinajstić information content (AvgIpc) is 2.80. The molecule has 0 bridgehead atoms. The normalized spacial score (nSPS) is 12.6. The van der Waals surface area contributed by atoms with Gasteiger partial charge in [0.1, 0.15) is 11.6 Å². The summed E-state index contributed by atoms with van der Waals surface area (Å²) in [5.41, 5.74) is 6.07. The van der Waals surface area contributed by atoms with Gasteiger partial charge in [-0.05, 0) is 24.6 Å². The lowest BCUT2D eigenvalue weighted by atomic mass is 10.2. The summed E-state index contributed by atoms with van der Waals surface area (Å²) in [7, 11) is 1.98. The van der Waals surface area contributed by atoms with Gasteiger partial charge in [-0.1, -0.05) is 6.07 Å². The van der Waals surface area contributed by atoms with E-state index in [9.17, 15) is 4.39 Å². The molecule has 2 N–H and O–H groups in total. The summed E-state index contributed by atoms with van der Waals surface area (Å²) in [6.45, 7) is 0. The molecule has 0 saturated carbocycles. The van der Waals surface area contributed by atoms with Crippen LogP contribution >= 0.6 is 11.8 Å². The Morgan fingerprint density at radius 1 is 1.47 bits per heavy atom. The summed E-state index contributed by atoms with van der Waals surface area (Å²) in [5.74, 6) is 1.63. The lowest BCUT2D eigenvalue weighted by molar-refractivity contribution is 0.623. The van der Waals surface area contributed by atoms with Gasteiger partial charge in [0.2, 0.25) is 0 Å². The van der Waals surface area contributed by atoms with E-state index in [1.165, 1.54) is 12.1 Å². The highest BCUT2D eigenvalue weighted by atomic mass is 32.2. The predicted molar refractivity (Wildman–Crippen MR) is 76.6 cm³/mol. The van der Waals surface area contributed by atoms with Gasteiger partial charge in [0.25, 0.3) is 0 Å². The van der Waals surface area contributed by atoms with E-state index in [0.717, 1.165) is 29.3 Å². The van der Waals surface area contributed by atoms with Gasteiger partial charge >= 0.3 is 0 Å². The van der Waals surface area contributed by atoms with Crippen molar-refractivity contribution in [2.24, 2.45) is 12.8 Å². The molecule has 0 aliphatic carbocycles. The maximum absolute atomic E-state index is 13.0. The molecule has 0 fully saturated rings. The van der Waals surface area contributed by atoms with Gasteiger partial charge in [0.05, 0.1) is 0 Å². The first-order chi connectivity index (χ1) is 9.15. The molecule has 102 valence electrons. The molecule has 3 nitrogen and oxygen atoms in total. The predicted octanol–water partition coefficient (Wildman–Crippen LogP) is 2.61. The van der Waals surface area contributed by atoms with Gasteiger partial charge in [-0.3, -0.25) is 0 Å². The van der Waals surface area contributed by atoms with Crippen molar-refractivity contribution in [2.45, 2.75) is 23.8 Å². The molecule has 0 aliphatic rings. The SMILES string of the molecule is Cn1ccnc1CCC(N)CSc1cccc(F)c1. The minimum atomic E-state index is -0.202. The molecule has 5 heteroatoms. The van der Waals surface area contributed by atoms with Crippen LogP contribution in [0.25, 0.3) is 0 Å². The molecule has 19 heavy (non-hydrogen) atoms. The van der Waals surface area contributed by atoms with Crippen molar-refractivity contribution in [3.8, 4) is 0 Å². The number of nitrogens with zero attached hydrogens (tertiary/aromatic N) is 2. The smallest absolute Gasteiger partial charge is 0.124 e. The monoisotopic (exact) mass is 279 g/mol. The Balaban J connectivity index is 1.76. The Morgan fingerprint density at radius 3 is 3.00 bits per heavy atom. The van der Waals surface area contributed by atoms with Crippen molar-refractivity contribution >= 4 is 11.8 Å². The molecule has 1 atom stereocenters. The molecule has 0 radical (unpaired) electrons. The Hall–Kier alpha value is -1.33. The van der Waals surface area contributed by atoms with E-state index in [1.807, 2.05) is 23.9 Å². The number of rotatable bonds is 6. The summed E-state index contributed by atoms with van der Waals surface area (Å²) in [6, 6.07) is 6.70. The number of hydrogen-bond donors (Lipinski definition) is 1. The number of hydrogen-bond acceptors (Lipinski definition) is 3. The van der Waals surface area contributed by atoms with Gasteiger partial charge in [0.15, 0.2) is 0 Å². The molecule has 0 saturated heterocycles. The Labute approximate surface area is 117 Å². The zero-order chi connectivity index (χ0) is 13.7. The molecule has 1 heterocycles. The Kier molecular flexibility index (Phi) is 4.99. The van der Waals surface area contributed by atoms with E-state index >= 15 is 0 Å². The molecule has 1 aromatic heterocycles. The van der Waals surface area contributed by atoms with E-state index in [-0.39, 0.29) is 11.9 Å². The second kappa shape index (κ2) is 6.73. The summed E-state index contributed by atoms with van der Waals surface area (Å²) in [4.78, 5) is 5.19. The fraction of sp³-hybridized carbons (Fsp3) is 0.357. The van der Waals surface area contributed by atoms with Gasteiger partial charge in [-0.15, -0.1) is 11.8 Å². The second-order valence-corrected chi connectivity index (χ2v) is 5.61. The van der Waals surface area contributed by atoms with Crippen LogP contribution in [0.3, 0.4) is 0 Å². The minimum absolute atomic E-state index is 0.0879. The summed E-state index contributed by atoms with van der Waals surface area (Å²) >= 11 is 1.59. The molecular formula is C14H18FN3S. The van der Waals surface area contributed by atoms with Crippen molar-refractivity contribution in [3.63, 3.8) is 0 Å². The standard InChI is InChI=1S/C14H18FN3S/c1-18-8-7-17-14(18)6-5-12(16)10-19-13-4-2-3-11(15)9-13/h2-4,7-9,12H,5-6,10,16H2,1H3. The van der Waals surface area contributed by atoms with E-state index in [0.29, 0.717) is 0 Å². The first kappa shape index (κ1) is 14.1. The highest BCUT2D eigenvalue weighted by Crippen LogP contribution is 2.20. The lowest BCUT2D eigenvalue weighted by Gasteiger charge is -2.11. The molecule has 0 amide bonds. The number of aryl methyl sites for hydroxylation is 2. The zero-order valence-electron chi connectivity index (χ0n) is 10.9. The number of thioether (sulfide) groups is 1. The number of halogens is 1. The van der Waals surface area contributed by atoms with Crippen LogP contribution in [0.5, 0.6) is 0 Å². The minimum Gasteiger partial charge on any atom is -0.338 e. The Morgan fingerprint density at radius 2 is 2.32 bits per heavy atom. The van der Waals surface area contributed by atoms with Gasteiger partial charge in [0, 0.05) is 42.6 Å². The fourth-order valence-electron chi connectivity index (χ4n) is 1.80. The molecule has 1 aromatic carbocycles. The van der Waals surface area contributed by atoms with Crippen LogP contribution in [-0.2, 0) is 13.5 Å². The number of nitrogens with two attached hydrogens (primary N) is 1. The molecule has 0 aliphatic heterocycles. The average molecular weight is 279 g/mol. The van der Waals surface area contributed by atoms with Crippen LogP contribution < -0.4 is 5.73 Å². The first-order valence-electron chi connectivity index (χ1n) is 6.25. The number of benzene rings is 1. The third kappa shape index (κ3) is 4.36. The molecule has 2 aromatic rings. The van der Waals surface area contributed by atoms with Crippen molar-refractivity contribution in [2.75, 3.05) is 5.75 Å². The van der Waals surface area contributed by atoms with Crippen molar-refractivity contribution in [1.29, 1.82) is 0 Å². The van der Waals surface area contributed by atoms with Crippen LogP contribution in [0, 0.1) is 5.82 Å².